The van der Waals surface area contributed by atoms with Crippen LogP contribution in [0.1, 0.15) is 34.1 Å². The Kier molecular flexibility index (Phi) is 4.65. The van der Waals surface area contributed by atoms with Gasteiger partial charge in [0.05, 0.1) is 11.9 Å². The predicted octanol–water partition coefficient (Wildman–Crippen LogP) is 1.78. The lowest BCUT2D eigenvalue weighted by Gasteiger charge is -2.31. The van der Waals surface area contributed by atoms with Gasteiger partial charge in [-0.15, -0.1) is 5.10 Å². The van der Waals surface area contributed by atoms with Crippen LogP contribution in [0.3, 0.4) is 0 Å². The average Bonchev–Trinajstić information content (AvgIpc) is 3.31. The molecule has 0 saturated carbocycles. The van der Waals surface area contributed by atoms with Gasteiger partial charge in [0.25, 0.3) is 5.91 Å². The first-order chi connectivity index (χ1) is 12.7. The Bertz CT molecular complexity index is 895. The molecule has 0 radical (unpaired) electrons. The molecule has 9 nitrogen and oxygen atoms in total. The van der Waals surface area contributed by atoms with Crippen molar-refractivity contribution in [1.82, 2.24) is 34.6 Å². The zero-order valence-corrected chi connectivity index (χ0v) is 15.0. The van der Waals surface area contributed by atoms with Crippen molar-refractivity contribution in [2.45, 2.75) is 26.2 Å². The molecule has 0 aromatic carbocycles. The van der Waals surface area contributed by atoms with Gasteiger partial charge in [-0.3, -0.25) is 9.78 Å². The molecular weight excluding hydrogens is 354 g/mol. The van der Waals surface area contributed by atoms with Gasteiger partial charge in [0.1, 0.15) is 10.6 Å². The van der Waals surface area contributed by atoms with E-state index in [9.17, 15) is 4.79 Å². The third kappa shape index (κ3) is 3.45. The maximum absolute atomic E-state index is 12.7. The van der Waals surface area contributed by atoms with E-state index in [1.54, 1.807) is 18.6 Å². The van der Waals surface area contributed by atoms with Gasteiger partial charge in [0.15, 0.2) is 0 Å². The van der Waals surface area contributed by atoms with E-state index < -0.39 is 0 Å². The molecule has 4 rings (SSSR count). The number of piperidine rings is 1. The van der Waals surface area contributed by atoms with E-state index in [2.05, 4.69) is 29.7 Å². The molecule has 1 amide bonds. The van der Waals surface area contributed by atoms with E-state index in [-0.39, 0.29) is 11.8 Å². The molecule has 1 unspecified atom stereocenters. The maximum Gasteiger partial charge on any atom is 0.267 e. The lowest BCUT2D eigenvalue weighted by Crippen LogP contribution is -2.40. The minimum absolute atomic E-state index is 0.00739. The van der Waals surface area contributed by atoms with Gasteiger partial charge >= 0.3 is 0 Å². The van der Waals surface area contributed by atoms with E-state index in [1.807, 2.05) is 11.8 Å². The molecule has 10 heteroatoms. The summed E-state index contributed by atoms with van der Waals surface area (Å²) < 4.78 is 9.21. The molecule has 4 heterocycles. The molecule has 0 aliphatic carbocycles. The maximum atomic E-state index is 12.7. The van der Waals surface area contributed by atoms with Crippen LogP contribution in [0.15, 0.2) is 23.1 Å². The van der Waals surface area contributed by atoms with Crippen LogP contribution in [0.2, 0.25) is 0 Å². The van der Waals surface area contributed by atoms with Crippen molar-refractivity contribution in [1.29, 1.82) is 0 Å². The van der Waals surface area contributed by atoms with Crippen LogP contribution in [-0.4, -0.2) is 53.6 Å². The van der Waals surface area contributed by atoms with Gasteiger partial charge in [-0.25, -0.2) is 4.98 Å². The topological polar surface area (TPSA) is 111 Å². The van der Waals surface area contributed by atoms with Crippen molar-refractivity contribution in [3.05, 3.63) is 35.1 Å². The summed E-state index contributed by atoms with van der Waals surface area (Å²) in [5.74, 6) is 1.28. The summed E-state index contributed by atoms with van der Waals surface area (Å²) in [5.41, 5.74) is 1.27. The molecule has 1 atom stereocenters. The van der Waals surface area contributed by atoms with Crippen molar-refractivity contribution < 1.29 is 9.32 Å². The Morgan fingerprint density at radius 3 is 3.12 bits per heavy atom. The predicted molar refractivity (Wildman–Crippen MR) is 92.3 cm³/mol. The number of hydrogen-bond donors (Lipinski definition) is 0. The second kappa shape index (κ2) is 7.24. The zero-order chi connectivity index (χ0) is 17.9. The summed E-state index contributed by atoms with van der Waals surface area (Å²) in [6.45, 7) is 3.23. The molecular formula is C16H17N7O2S. The number of hydrogen-bond acceptors (Lipinski definition) is 9. The highest BCUT2D eigenvalue weighted by Crippen LogP contribution is 2.24. The van der Waals surface area contributed by atoms with Gasteiger partial charge in [0, 0.05) is 31.9 Å². The van der Waals surface area contributed by atoms with Gasteiger partial charge in [0.2, 0.25) is 11.7 Å². The molecule has 0 spiro atoms. The van der Waals surface area contributed by atoms with E-state index in [1.165, 1.54) is 0 Å². The fraction of sp³-hybridized carbons (Fsp3) is 0.438. The Balaban J connectivity index is 1.42. The normalized spacial score (nSPS) is 17.4. The van der Waals surface area contributed by atoms with Crippen molar-refractivity contribution in [2.75, 3.05) is 13.1 Å². The van der Waals surface area contributed by atoms with E-state index in [0.717, 1.165) is 30.9 Å². The number of amides is 1. The second-order valence-corrected chi connectivity index (χ2v) is 7.01. The summed E-state index contributed by atoms with van der Waals surface area (Å²) >= 11 is 1.15. The van der Waals surface area contributed by atoms with Crippen LogP contribution in [0.4, 0.5) is 0 Å². The number of aromatic nitrogens is 6. The first kappa shape index (κ1) is 16.7. The number of carbonyl (C=O) groups is 1. The smallest absolute Gasteiger partial charge is 0.267 e. The molecule has 134 valence electrons. The lowest BCUT2D eigenvalue weighted by atomic mass is 9.94. The van der Waals surface area contributed by atoms with Crippen molar-refractivity contribution in [3.8, 4) is 11.5 Å². The average molecular weight is 371 g/mol. The summed E-state index contributed by atoms with van der Waals surface area (Å²) in [5, 5.41) is 7.90. The Labute approximate surface area is 153 Å². The monoisotopic (exact) mass is 371 g/mol. The highest BCUT2D eigenvalue weighted by molar-refractivity contribution is 7.07. The van der Waals surface area contributed by atoms with Crippen molar-refractivity contribution >= 4 is 17.4 Å². The Hall–Kier alpha value is -2.75. The largest absolute Gasteiger partial charge is 0.339 e. The lowest BCUT2D eigenvalue weighted by molar-refractivity contribution is 0.0672. The van der Waals surface area contributed by atoms with Crippen molar-refractivity contribution in [3.63, 3.8) is 0 Å². The molecule has 1 aliphatic rings. The SMILES string of the molecule is Cc1nnsc1C(=O)N1CCCC(Cc2nc(-c3cnccn3)no2)C1. The van der Waals surface area contributed by atoms with Crippen LogP contribution in [0.25, 0.3) is 11.5 Å². The molecule has 0 bridgehead atoms. The molecule has 1 fully saturated rings. The fourth-order valence-corrected chi connectivity index (χ4v) is 3.72. The first-order valence-electron chi connectivity index (χ1n) is 8.38. The minimum atomic E-state index is 0.00739. The number of carbonyl (C=O) groups excluding carboxylic acids is 1. The van der Waals surface area contributed by atoms with Crippen LogP contribution >= 0.6 is 11.5 Å². The van der Waals surface area contributed by atoms with Gasteiger partial charge in [-0.2, -0.15) is 4.98 Å². The van der Waals surface area contributed by atoms with Crippen LogP contribution in [0, 0.1) is 12.8 Å². The first-order valence-corrected chi connectivity index (χ1v) is 9.15. The summed E-state index contributed by atoms with van der Waals surface area (Å²) in [7, 11) is 0. The highest BCUT2D eigenvalue weighted by atomic mass is 32.1. The third-order valence-electron chi connectivity index (χ3n) is 4.38. The van der Waals surface area contributed by atoms with Gasteiger partial charge in [-0.1, -0.05) is 9.64 Å². The van der Waals surface area contributed by atoms with Gasteiger partial charge in [-0.05, 0) is 37.2 Å². The Morgan fingerprint density at radius 2 is 2.35 bits per heavy atom. The van der Waals surface area contributed by atoms with E-state index >= 15 is 0 Å². The zero-order valence-electron chi connectivity index (χ0n) is 14.2. The number of rotatable bonds is 4. The summed E-state index contributed by atoms with van der Waals surface area (Å²) in [6.07, 6.45) is 7.39. The molecule has 3 aromatic heterocycles. The van der Waals surface area contributed by atoms with Crippen LogP contribution < -0.4 is 0 Å². The molecule has 3 aromatic rings. The van der Waals surface area contributed by atoms with E-state index in [0.29, 0.717) is 40.9 Å². The molecule has 1 saturated heterocycles. The van der Waals surface area contributed by atoms with Crippen molar-refractivity contribution in [2.24, 2.45) is 5.92 Å². The van der Waals surface area contributed by atoms with Crippen LogP contribution in [0.5, 0.6) is 0 Å². The molecule has 1 aliphatic heterocycles. The minimum Gasteiger partial charge on any atom is -0.339 e. The standard InChI is InChI=1S/C16H17N7O2S/c1-10-14(26-22-20-10)16(24)23-6-2-3-11(9-23)7-13-19-15(21-25-13)12-8-17-4-5-18-12/h4-5,8,11H,2-3,6-7,9H2,1H3. The number of nitrogens with zero attached hydrogens (tertiary/aromatic N) is 7. The second-order valence-electron chi connectivity index (χ2n) is 6.25. The van der Waals surface area contributed by atoms with Crippen LogP contribution in [-0.2, 0) is 6.42 Å². The highest BCUT2D eigenvalue weighted by Gasteiger charge is 2.28. The Morgan fingerprint density at radius 1 is 1.42 bits per heavy atom. The summed E-state index contributed by atoms with van der Waals surface area (Å²) in [6, 6.07) is 0. The number of likely N-dealkylation sites (tertiary alicyclic amines) is 1. The van der Waals surface area contributed by atoms with Gasteiger partial charge < -0.3 is 9.42 Å². The molecule has 0 N–H and O–H groups in total. The van der Waals surface area contributed by atoms with E-state index in [4.69, 9.17) is 4.52 Å². The summed E-state index contributed by atoms with van der Waals surface area (Å²) in [4.78, 5) is 27.7. The quantitative estimate of drug-likeness (QED) is 0.682. The molecule has 26 heavy (non-hydrogen) atoms. The number of aryl methyl sites for hydroxylation is 1. The fourth-order valence-electron chi connectivity index (χ4n) is 3.09. The third-order valence-corrected chi connectivity index (χ3v) is 5.19.